The third-order valence-corrected chi connectivity index (χ3v) is 2.88. The summed E-state index contributed by atoms with van der Waals surface area (Å²) < 4.78 is 5.43. The van der Waals surface area contributed by atoms with Crippen LogP contribution in [0.25, 0.3) is 0 Å². The summed E-state index contributed by atoms with van der Waals surface area (Å²) in [5.74, 6) is 0.272. The van der Waals surface area contributed by atoms with Crippen molar-refractivity contribution in [1.82, 2.24) is 0 Å². The molecule has 0 saturated carbocycles. The van der Waals surface area contributed by atoms with E-state index in [2.05, 4.69) is 13.8 Å². The van der Waals surface area contributed by atoms with E-state index in [1.54, 1.807) is 0 Å². The van der Waals surface area contributed by atoms with Gasteiger partial charge in [-0.25, -0.2) is 0 Å². The highest BCUT2D eigenvalue weighted by Crippen LogP contribution is 2.32. The molecule has 1 unspecified atom stereocenters. The third kappa shape index (κ3) is 4.67. The van der Waals surface area contributed by atoms with Crippen molar-refractivity contribution in [3.8, 4) is 0 Å². The van der Waals surface area contributed by atoms with Gasteiger partial charge in [-0.2, -0.15) is 0 Å². The zero-order valence-electron chi connectivity index (χ0n) is 11.3. The Balaban J connectivity index is 4.51. The van der Waals surface area contributed by atoms with E-state index < -0.39 is 0 Å². The van der Waals surface area contributed by atoms with Crippen molar-refractivity contribution in [2.45, 2.75) is 66.9 Å². The van der Waals surface area contributed by atoms with Crippen LogP contribution in [0.5, 0.6) is 0 Å². The zero-order valence-corrected chi connectivity index (χ0v) is 11.3. The van der Waals surface area contributed by atoms with Gasteiger partial charge in [0.15, 0.2) is 0 Å². The van der Waals surface area contributed by atoms with Crippen molar-refractivity contribution < 1.29 is 9.53 Å². The minimum atomic E-state index is -0.389. The smallest absolute Gasteiger partial charge is 0.312 e. The van der Waals surface area contributed by atoms with E-state index in [1.807, 2.05) is 34.6 Å². The van der Waals surface area contributed by atoms with E-state index >= 15 is 0 Å². The number of hydrogen-bond donors (Lipinski definition) is 0. The molecule has 0 aromatic heterocycles. The van der Waals surface area contributed by atoms with Crippen molar-refractivity contribution >= 4 is 5.97 Å². The van der Waals surface area contributed by atoms with Crippen LogP contribution in [0.4, 0.5) is 0 Å². The summed E-state index contributed by atoms with van der Waals surface area (Å²) in [6.45, 7) is 13.9. The van der Waals surface area contributed by atoms with Gasteiger partial charge in [-0.1, -0.05) is 20.3 Å². The Morgan fingerprint density at radius 1 is 1.20 bits per heavy atom. The van der Waals surface area contributed by atoms with Crippen LogP contribution in [0.1, 0.15) is 61.3 Å². The molecule has 2 heteroatoms. The lowest BCUT2D eigenvalue weighted by Crippen LogP contribution is -2.37. The fraction of sp³-hybridized carbons (Fsp3) is 0.923. The van der Waals surface area contributed by atoms with Crippen molar-refractivity contribution in [2.24, 2.45) is 11.3 Å². The summed E-state index contributed by atoms with van der Waals surface area (Å²) in [4.78, 5) is 12.0. The molecule has 0 spiro atoms. The molecule has 0 bridgehead atoms. The first kappa shape index (κ1) is 14.5. The molecule has 1 atom stereocenters. The molecule has 90 valence electrons. The van der Waals surface area contributed by atoms with Crippen LogP contribution in [-0.4, -0.2) is 11.6 Å². The van der Waals surface area contributed by atoms with Gasteiger partial charge in [-0.3, -0.25) is 4.79 Å². The maximum atomic E-state index is 12.0. The fourth-order valence-corrected chi connectivity index (χ4v) is 1.40. The second-order valence-electron chi connectivity index (χ2n) is 5.91. The van der Waals surface area contributed by atoms with E-state index in [1.165, 1.54) is 0 Å². The highest BCUT2D eigenvalue weighted by Gasteiger charge is 2.36. The molecule has 0 heterocycles. The molecular formula is C13H26O2. The first-order chi connectivity index (χ1) is 6.61. The van der Waals surface area contributed by atoms with Crippen LogP contribution in [0.2, 0.25) is 0 Å². The van der Waals surface area contributed by atoms with Crippen LogP contribution in [-0.2, 0) is 9.53 Å². The lowest BCUT2D eigenvalue weighted by molar-refractivity contribution is -0.168. The molecule has 0 N–H and O–H groups in total. The van der Waals surface area contributed by atoms with Crippen molar-refractivity contribution in [3.05, 3.63) is 0 Å². The number of esters is 1. The molecule has 0 rings (SSSR count). The van der Waals surface area contributed by atoms with E-state index in [0.717, 1.165) is 12.8 Å². The predicted octanol–water partition coefficient (Wildman–Crippen LogP) is 3.79. The Hall–Kier alpha value is -0.530. The van der Waals surface area contributed by atoms with Crippen LogP contribution in [0.3, 0.4) is 0 Å². The first-order valence-corrected chi connectivity index (χ1v) is 5.84. The van der Waals surface area contributed by atoms with Gasteiger partial charge in [0.2, 0.25) is 0 Å². The molecule has 0 saturated heterocycles. The lowest BCUT2D eigenvalue weighted by Gasteiger charge is -2.32. The average Bonchev–Trinajstić information content (AvgIpc) is 2.01. The number of carbonyl (C=O) groups is 1. The molecule has 0 amide bonds. The monoisotopic (exact) mass is 214 g/mol. The number of hydrogen-bond acceptors (Lipinski definition) is 2. The lowest BCUT2D eigenvalue weighted by atomic mass is 9.77. The minimum absolute atomic E-state index is 0.0871. The van der Waals surface area contributed by atoms with Gasteiger partial charge in [-0.15, -0.1) is 0 Å². The zero-order chi connectivity index (χ0) is 12.3. The van der Waals surface area contributed by atoms with Crippen LogP contribution in [0.15, 0.2) is 0 Å². The van der Waals surface area contributed by atoms with Crippen LogP contribution >= 0.6 is 0 Å². The van der Waals surface area contributed by atoms with Crippen molar-refractivity contribution in [3.63, 3.8) is 0 Å². The Kier molecular flexibility index (Phi) is 4.82. The Bertz CT molecular complexity index is 211. The molecule has 0 radical (unpaired) electrons. The second kappa shape index (κ2) is 5.00. The van der Waals surface area contributed by atoms with E-state index in [-0.39, 0.29) is 17.0 Å². The molecule has 0 aromatic carbocycles. The number of ether oxygens (including phenoxy) is 1. The van der Waals surface area contributed by atoms with Crippen molar-refractivity contribution in [1.29, 1.82) is 0 Å². The molecule has 2 nitrogen and oxygen atoms in total. The topological polar surface area (TPSA) is 26.3 Å². The normalized spacial score (nSPS) is 14.9. The predicted molar refractivity (Wildman–Crippen MR) is 63.7 cm³/mol. The maximum Gasteiger partial charge on any atom is 0.312 e. The summed E-state index contributed by atoms with van der Waals surface area (Å²) in [6, 6.07) is 0. The molecule has 0 aliphatic rings. The van der Waals surface area contributed by atoms with Gasteiger partial charge in [-0.05, 0) is 47.0 Å². The highest BCUT2D eigenvalue weighted by molar-refractivity contribution is 5.76. The van der Waals surface area contributed by atoms with Crippen LogP contribution < -0.4 is 0 Å². The molecular weight excluding hydrogens is 188 g/mol. The van der Waals surface area contributed by atoms with Crippen molar-refractivity contribution in [2.75, 3.05) is 0 Å². The summed E-state index contributed by atoms with van der Waals surface area (Å²) in [7, 11) is 0. The average molecular weight is 214 g/mol. The molecule has 0 fully saturated rings. The highest BCUT2D eigenvalue weighted by atomic mass is 16.6. The molecule has 0 aromatic rings. The Morgan fingerprint density at radius 3 is 2.00 bits per heavy atom. The quantitative estimate of drug-likeness (QED) is 0.665. The Labute approximate surface area is 94.4 Å². The standard InChI is InChI=1S/C13H26O2/c1-8-9-10(2)13(6,7)11(14)15-12(3,4)5/h10H,8-9H2,1-7H3. The van der Waals surface area contributed by atoms with E-state index in [9.17, 15) is 4.79 Å². The number of rotatable bonds is 4. The van der Waals surface area contributed by atoms with Gasteiger partial charge < -0.3 is 4.74 Å². The summed E-state index contributed by atoms with van der Waals surface area (Å²) >= 11 is 0. The maximum absolute atomic E-state index is 12.0. The van der Waals surface area contributed by atoms with Gasteiger partial charge >= 0.3 is 5.97 Å². The van der Waals surface area contributed by atoms with Gasteiger partial charge in [0.05, 0.1) is 5.41 Å². The minimum Gasteiger partial charge on any atom is -0.460 e. The third-order valence-electron chi connectivity index (χ3n) is 2.88. The van der Waals surface area contributed by atoms with E-state index in [4.69, 9.17) is 4.74 Å². The van der Waals surface area contributed by atoms with Gasteiger partial charge in [0.1, 0.15) is 5.60 Å². The van der Waals surface area contributed by atoms with E-state index in [0.29, 0.717) is 5.92 Å². The Morgan fingerprint density at radius 2 is 1.67 bits per heavy atom. The summed E-state index contributed by atoms with van der Waals surface area (Å²) in [5.41, 5.74) is -0.774. The largest absolute Gasteiger partial charge is 0.460 e. The fourth-order valence-electron chi connectivity index (χ4n) is 1.40. The first-order valence-electron chi connectivity index (χ1n) is 5.84. The molecule has 0 aliphatic heterocycles. The molecule has 15 heavy (non-hydrogen) atoms. The summed E-state index contributed by atoms with van der Waals surface area (Å²) in [6.07, 6.45) is 2.17. The number of carbonyl (C=O) groups excluding carboxylic acids is 1. The van der Waals surface area contributed by atoms with Crippen LogP contribution in [0, 0.1) is 11.3 Å². The SMILES string of the molecule is CCCC(C)C(C)(C)C(=O)OC(C)(C)C. The molecule has 0 aliphatic carbocycles. The van der Waals surface area contributed by atoms with Gasteiger partial charge in [0.25, 0.3) is 0 Å². The second-order valence-corrected chi connectivity index (χ2v) is 5.91. The summed E-state index contributed by atoms with van der Waals surface area (Å²) in [5, 5.41) is 0. The van der Waals surface area contributed by atoms with Gasteiger partial charge in [0, 0.05) is 0 Å².